The van der Waals surface area contributed by atoms with E-state index >= 15 is 0 Å². The Kier molecular flexibility index (Phi) is 1.47. The van der Waals surface area contributed by atoms with Gasteiger partial charge in [0.25, 0.3) is 0 Å². The lowest BCUT2D eigenvalue weighted by atomic mass is 10.3. The number of hydrogen-bond donors (Lipinski definition) is 0. The summed E-state index contributed by atoms with van der Waals surface area (Å²) in [6, 6.07) is 0. The van der Waals surface area contributed by atoms with Crippen LogP contribution >= 0.6 is 0 Å². The fourth-order valence-corrected chi connectivity index (χ4v) is 0.899. The molecule has 0 spiro atoms. The summed E-state index contributed by atoms with van der Waals surface area (Å²) in [5.41, 5.74) is 0. The van der Waals surface area contributed by atoms with Crippen molar-refractivity contribution in [3.05, 3.63) is 0 Å². The fourth-order valence-electron chi connectivity index (χ4n) is 0.899. The topological polar surface area (TPSA) is 3.24 Å². The van der Waals surface area contributed by atoms with Gasteiger partial charge < -0.3 is 4.90 Å². The summed E-state index contributed by atoms with van der Waals surface area (Å²) in [7, 11) is 1.71. The van der Waals surface area contributed by atoms with Crippen LogP contribution in [0, 0.1) is 0 Å². The molecule has 2 atom stereocenters. The van der Waals surface area contributed by atoms with E-state index in [1.54, 1.807) is 11.9 Å². The molecule has 1 heterocycles. The van der Waals surface area contributed by atoms with Crippen molar-refractivity contribution in [2.75, 3.05) is 20.1 Å². The Labute approximate surface area is 47.3 Å². The van der Waals surface area contributed by atoms with Crippen LogP contribution in [0.5, 0.6) is 0 Å². The predicted molar refractivity (Wildman–Crippen MR) is 27.3 cm³/mol. The monoisotopic (exact) mass is 121 g/mol. The highest BCUT2D eigenvalue weighted by molar-refractivity contribution is 4.81. The van der Waals surface area contributed by atoms with E-state index in [1.165, 1.54) is 0 Å². The summed E-state index contributed by atoms with van der Waals surface area (Å²) >= 11 is 0. The molecule has 0 aromatic carbocycles. The smallest absolute Gasteiger partial charge is 0.145 e. The molecule has 0 unspecified atom stereocenters. The van der Waals surface area contributed by atoms with Gasteiger partial charge in [-0.15, -0.1) is 0 Å². The molecule has 1 aliphatic rings. The summed E-state index contributed by atoms with van der Waals surface area (Å²) < 4.78 is 24.3. The first-order chi connectivity index (χ1) is 3.70. The molecule has 0 saturated carbocycles. The van der Waals surface area contributed by atoms with Crippen LogP contribution in [0.4, 0.5) is 8.78 Å². The Balaban J connectivity index is 2.39. The maximum Gasteiger partial charge on any atom is 0.145 e. The zero-order valence-corrected chi connectivity index (χ0v) is 4.77. The lowest BCUT2D eigenvalue weighted by molar-refractivity contribution is 0.217. The molecule has 0 aromatic rings. The minimum Gasteiger partial charge on any atom is -0.300 e. The average Bonchev–Trinajstić information content (AvgIpc) is 1.85. The van der Waals surface area contributed by atoms with Crippen molar-refractivity contribution in [2.24, 2.45) is 0 Å². The number of nitrogens with zero attached hydrogens (tertiary/aromatic N) is 1. The van der Waals surface area contributed by atoms with Crippen LogP contribution in [0.3, 0.4) is 0 Å². The maximum absolute atomic E-state index is 12.2. The molecule has 3 heteroatoms. The first-order valence-electron chi connectivity index (χ1n) is 2.67. The molecule has 0 aliphatic carbocycles. The lowest BCUT2D eigenvalue weighted by Crippen LogP contribution is -2.13. The maximum atomic E-state index is 12.2. The summed E-state index contributed by atoms with van der Waals surface area (Å²) in [6.07, 6.45) is -2.50. The van der Waals surface area contributed by atoms with Gasteiger partial charge in [-0.1, -0.05) is 0 Å². The highest BCUT2D eigenvalue weighted by atomic mass is 19.2. The SMILES string of the molecule is CN1C[C@@H](F)[C@H](F)C1. The number of hydrogen-bond acceptors (Lipinski definition) is 1. The molecule has 1 fully saturated rings. The van der Waals surface area contributed by atoms with Gasteiger partial charge in [0.1, 0.15) is 12.3 Å². The van der Waals surface area contributed by atoms with Gasteiger partial charge in [0.05, 0.1) is 0 Å². The standard InChI is InChI=1S/C5H9F2N/c1-8-2-4(6)5(7)3-8/h4-5H,2-3H2,1H3/t4-,5-/m1/s1. The van der Waals surface area contributed by atoms with Crippen LogP contribution in [0.1, 0.15) is 0 Å². The van der Waals surface area contributed by atoms with E-state index in [-0.39, 0.29) is 13.1 Å². The summed E-state index contributed by atoms with van der Waals surface area (Å²) in [5, 5.41) is 0. The zero-order valence-electron chi connectivity index (χ0n) is 4.77. The van der Waals surface area contributed by atoms with Gasteiger partial charge in [-0.2, -0.15) is 0 Å². The molecule has 0 amide bonds. The molecule has 0 radical (unpaired) electrons. The molecule has 8 heavy (non-hydrogen) atoms. The van der Waals surface area contributed by atoms with E-state index in [1.807, 2.05) is 0 Å². The second-order valence-electron chi connectivity index (χ2n) is 2.25. The van der Waals surface area contributed by atoms with Crippen LogP contribution in [0.25, 0.3) is 0 Å². The van der Waals surface area contributed by atoms with Crippen LogP contribution in [0.2, 0.25) is 0 Å². The molecule has 1 aliphatic heterocycles. The van der Waals surface area contributed by atoms with Crippen LogP contribution in [-0.2, 0) is 0 Å². The third kappa shape index (κ3) is 0.968. The Morgan fingerprint density at radius 1 is 1.25 bits per heavy atom. The zero-order chi connectivity index (χ0) is 6.15. The van der Waals surface area contributed by atoms with Crippen molar-refractivity contribution in [1.29, 1.82) is 0 Å². The third-order valence-electron chi connectivity index (χ3n) is 1.36. The van der Waals surface area contributed by atoms with Crippen molar-refractivity contribution in [3.8, 4) is 0 Å². The summed E-state index contributed by atoms with van der Waals surface area (Å²) in [6.45, 7) is 0.502. The van der Waals surface area contributed by atoms with E-state index in [9.17, 15) is 8.78 Å². The number of alkyl halides is 2. The molecule has 1 nitrogen and oxygen atoms in total. The minimum atomic E-state index is -1.25. The molecule has 0 bridgehead atoms. The van der Waals surface area contributed by atoms with Crippen LogP contribution < -0.4 is 0 Å². The van der Waals surface area contributed by atoms with E-state index in [4.69, 9.17) is 0 Å². The van der Waals surface area contributed by atoms with Crippen LogP contribution in [-0.4, -0.2) is 37.4 Å². The molecule has 1 rings (SSSR count). The summed E-state index contributed by atoms with van der Waals surface area (Å²) in [4.78, 5) is 1.65. The first-order valence-corrected chi connectivity index (χ1v) is 2.67. The van der Waals surface area contributed by atoms with E-state index in [0.717, 1.165) is 0 Å². The molecular weight excluding hydrogens is 112 g/mol. The van der Waals surface area contributed by atoms with Gasteiger partial charge >= 0.3 is 0 Å². The van der Waals surface area contributed by atoms with Gasteiger partial charge in [-0.05, 0) is 7.05 Å². The molecule has 48 valence electrons. The third-order valence-corrected chi connectivity index (χ3v) is 1.36. The average molecular weight is 121 g/mol. The summed E-state index contributed by atoms with van der Waals surface area (Å²) in [5.74, 6) is 0. The minimum absolute atomic E-state index is 0.251. The Morgan fingerprint density at radius 2 is 1.62 bits per heavy atom. The van der Waals surface area contributed by atoms with E-state index < -0.39 is 12.3 Å². The number of halogens is 2. The van der Waals surface area contributed by atoms with Crippen molar-refractivity contribution in [2.45, 2.75) is 12.3 Å². The Hall–Kier alpha value is -0.180. The van der Waals surface area contributed by atoms with Crippen molar-refractivity contribution in [3.63, 3.8) is 0 Å². The predicted octanol–water partition coefficient (Wildman–Crippen LogP) is 0.608. The Bertz CT molecular complexity index is 76.5. The van der Waals surface area contributed by atoms with Gasteiger partial charge in [-0.25, -0.2) is 8.78 Å². The largest absolute Gasteiger partial charge is 0.300 e. The second kappa shape index (κ2) is 1.97. The molecule has 1 saturated heterocycles. The van der Waals surface area contributed by atoms with Gasteiger partial charge in [0.15, 0.2) is 0 Å². The number of rotatable bonds is 0. The fraction of sp³-hybridized carbons (Fsp3) is 1.00. The van der Waals surface area contributed by atoms with Gasteiger partial charge in [-0.3, -0.25) is 0 Å². The van der Waals surface area contributed by atoms with Crippen molar-refractivity contribution in [1.82, 2.24) is 4.90 Å². The van der Waals surface area contributed by atoms with Gasteiger partial charge in [0, 0.05) is 13.1 Å². The lowest BCUT2D eigenvalue weighted by Gasteiger charge is -2.01. The van der Waals surface area contributed by atoms with Crippen molar-refractivity contribution >= 4 is 0 Å². The molecule has 0 N–H and O–H groups in total. The molecule has 0 aromatic heterocycles. The van der Waals surface area contributed by atoms with Crippen molar-refractivity contribution < 1.29 is 8.78 Å². The van der Waals surface area contributed by atoms with E-state index in [2.05, 4.69) is 0 Å². The first kappa shape index (κ1) is 5.95. The van der Waals surface area contributed by atoms with Gasteiger partial charge in [0.2, 0.25) is 0 Å². The quantitative estimate of drug-likeness (QED) is 0.454. The van der Waals surface area contributed by atoms with Crippen LogP contribution in [0.15, 0.2) is 0 Å². The Morgan fingerprint density at radius 3 is 1.75 bits per heavy atom. The number of likely N-dealkylation sites (tertiary alicyclic amines) is 1. The molecular formula is C5H9F2N. The highest BCUT2D eigenvalue weighted by Crippen LogP contribution is 2.13. The second-order valence-corrected chi connectivity index (χ2v) is 2.25. The van der Waals surface area contributed by atoms with E-state index in [0.29, 0.717) is 0 Å². The highest BCUT2D eigenvalue weighted by Gasteiger charge is 2.29. The normalized spacial score (nSPS) is 40.9.